The summed E-state index contributed by atoms with van der Waals surface area (Å²) in [5, 5.41) is 7.33. The van der Waals surface area contributed by atoms with Gasteiger partial charge in [0.1, 0.15) is 12.1 Å². The predicted molar refractivity (Wildman–Crippen MR) is 56.9 cm³/mol. The Hall–Kier alpha value is -1.16. The van der Waals surface area contributed by atoms with Crippen molar-refractivity contribution in [2.75, 3.05) is 0 Å². The van der Waals surface area contributed by atoms with Gasteiger partial charge >= 0.3 is 0 Å². The van der Waals surface area contributed by atoms with Gasteiger partial charge in [-0.2, -0.15) is 0 Å². The average molecular weight is 208 g/mol. The van der Waals surface area contributed by atoms with Gasteiger partial charge in [-0.3, -0.25) is 5.41 Å². The standard InChI is InChI=1S/C10H12N2OS/c11-10(12)9-4-7-2-1-6(5-13)3-8(7)14-9/h4-6H,1-3H2,(H3,11,12). The van der Waals surface area contributed by atoms with Crippen LogP contribution in [0.5, 0.6) is 0 Å². The summed E-state index contributed by atoms with van der Waals surface area (Å²) in [6, 6.07) is 1.99. The fourth-order valence-electron chi connectivity index (χ4n) is 1.78. The molecule has 1 unspecified atom stereocenters. The summed E-state index contributed by atoms with van der Waals surface area (Å²) in [5.74, 6) is 0.299. The number of carbonyl (C=O) groups is 1. The zero-order valence-electron chi connectivity index (χ0n) is 7.75. The van der Waals surface area contributed by atoms with Gasteiger partial charge in [-0.05, 0) is 30.9 Å². The lowest BCUT2D eigenvalue weighted by atomic mass is 9.90. The number of nitrogens with two attached hydrogens (primary N) is 1. The number of nitrogen functional groups attached to an aromatic ring is 1. The van der Waals surface area contributed by atoms with Gasteiger partial charge in [0.2, 0.25) is 0 Å². The highest BCUT2D eigenvalue weighted by atomic mass is 32.1. The van der Waals surface area contributed by atoms with Crippen LogP contribution in [0.1, 0.15) is 21.7 Å². The second-order valence-electron chi connectivity index (χ2n) is 3.61. The van der Waals surface area contributed by atoms with E-state index in [1.807, 2.05) is 6.07 Å². The van der Waals surface area contributed by atoms with E-state index in [0.29, 0.717) is 0 Å². The Morgan fingerprint density at radius 3 is 3.14 bits per heavy atom. The third kappa shape index (κ3) is 1.57. The van der Waals surface area contributed by atoms with Crippen molar-refractivity contribution in [3.05, 3.63) is 21.4 Å². The van der Waals surface area contributed by atoms with E-state index in [1.54, 1.807) is 11.3 Å². The molecule has 0 fully saturated rings. The van der Waals surface area contributed by atoms with Crippen molar-refractivity contribution in [3.63, 3.8) is 0 Å². The fraction of sp³-hybridized carbons (Fsp3) is 0.400. The summed E-state index contributed by atoms with van der Waals surface area (Å²) in [4.78, 5) is 12.7. The van der Waals surface area contributed by atoms with Crippen molar-refractivity contribution in [1.29, 1.82) is 5.41 Å². The first-order valence-electron chi connectivity index (χ1n) is 4.62. The molecule has 1 aliphatic carbocycles. The van der Waals surface area contributed by atoms with Gasteiger partial charge in [0.25, 0.3) is 0 Å². The van der Waals surface area contributed by atoms with Gasteiger partial charge in [0.15, 0.2) is 0 Å². The molecule has 0 aliphatic heterocycles. The number of hydrogen-bond donors (Lipinski definition) is 2. The van der Waals surface area contributed by atoms with E-state index < -0.39 is 0 Å². The van der Waals surface area contributed by atoms with E-state index >= 15 is 0 Å². The lowest BCUT2D eigenvalue weighted by Gasteiger charge is -2.15. The number of fused-ring (bicyclic) bond motifs is 1. The first-order valence-corrected chi connectivity index (χ1v) is 5.43. The molecule has 3 N–H and O–H groups in total. The maximum Gasteiger partial charge on any atom is 0.133 e. The molecule has 0 saturated carbocycles. The highest BCUT2D eigenvalue weighted by molar-refractivity contribution is 7.14. The third-order valence-corrected chi connectivity index (χ3v) is 3.82. The van der Waals surface area contributed by atoms with Crippen LogP contribution in [-0.4, -0.2) is 12.1 Å². The van der Waals surface area contributed by atoms with Crippen molar-refractivity contribution in [2.45, 2.75) is 19.3 Å². The van der Waals surface area contributed by atoms with Crippen LogP contribution in [0.3, 0.4) is 0 Å². The lowest BCUT2D eigenvalue weighted by Crippen LogP contribution is -2.12. The molecular weight excluding hydrogens is 196 g/mol. The molecule has 1 heterocycles. The summed E-state index contributed by atoms with van der Waals surface area (Å²) in [7, 11) is 0. The van der Waals surface area contributed by atoms with Gasteiger partial charge in [0.05, 0.1) is 4.88 Å². The second-order valence-corrected chi connectivity index (χ2v) is 4.75. The van der Waals surface area contributed by atoms with Gasteiger partial charge in [-0.25, -0.2) is 0 Å². The summed E-state index contributed by atoms with van der Waals surface area (Å²) < 4.78 is 0. The number of hydrogen-bond acceptors (Lipinski definition) is 3. The van der Waals surface area contributed by atoms with Crippen molar-refractivity contribution in [3.8, 4) is 0 Å². The highest BCUT2D eigenvalue weighted by Gasteiger charge is 2.21. The fourth-order valence-corrected chi connectivity index (χ4v) is 2.95. The quantitative estimate of drug-likeness (QED) is 0.437. The van der Waals surface area contributed by atoms with Crippen molar-refractivity contribution < 1.29 is 4.79 Å². The molecule has 0 amide bonds. The topological polar surface area (TPSA) is 66.9 Å². The van der Waals surface area contributed by atoms with Crippen LogP contribution in [0.4, 0.5) is 0 Å². The molecule has 1 aromatic heterocycles. The van der Waals surface area contributed by atoms with Crippen LogP contribution in [0.2, 0.25) is 0 Å². The van der Waals surface area contributed by atoms with Crippen molar-refractivity contribution >= 4 is 23.5 Å². The Balaban J connectivity index is 2.29. The van der Waals surface area contributed by atoms with E-state index in [4.69, 9.17) is 11.1 Å². The molecule has 0 radical (unpaired) electrons. The molecule has 1 aromatic rings. The predicted octanol–water partition coefficient (Wildman–Crippen LogP) is 1.34. The Labute approximate surface area is 86.4 Å². The number of nitrogens with one attached hydrogen (secondary N) is 1. The van der Waals surface area contributed by atoms with Gasteiger partial charge in [-0.1, -0.05) is 0 Å². The molecule has 3 nitrogen and oxygen atoms in total. The molecular formula is C10H12N2OS. The smallest absolute Gasteiger partial charge is 0.133 e. The number of thiophene rings is 1. The van der Waals surface area contributed by atoms with E-state index in [-0.39, 0.29) is 11.8 Å². The molecule has 1 aliphatic rings. The molecule has 4 heteroatoms. The molecule has 0 bridgehead atoms. The maximum absolute atomic E-state index is 10.6. The van der Waals surface area contributed by atoms with Crippen LogP contribution in [0.25, 0.3) is 0 Å². The van der Waals surface area contributed by atoms with Crippen LogP contribution < -0.4 is 5.73 Å². The van der Waals surface area contributed by atoms with Crippen molar-refractivity contribution in [1.82, 2.24) is 0 Å². The first-order chi connectivity index (χ1) is 6.70. The summed E-state index contributed by atoms with van der Waals surface area (Å²) in [5.41, 5.74) is 6.69. The van der Waals surface area contributed by atoms with Gasteiger partial charge < -0.3 is 10.5 Å². The van der Waals surface area contributed by atoms with Gasteiger partial charge in [-0.15, -0.1) is 11.3 Å². The number of aryl methyl sites for hydroxylation is 1. The number of amidine groups is 1. The summed E-state index contributed by atoms with van der Waals surface area (Å²) in [6.07, 6.45) is 3.75. The lowest BCUT2D eigenvalue weighted by molar-refractivity contribution is -0.111. The zero-order chi connectivity index (χ0) is 10.1. The SMILES string of the molecule is N=C(N)c1cc2c(s1)CC(C=O)CC2. The normalized spacial score (nSPS) is 20.1. The molecule has 2 rings (SSSR count). The Morgan fingerprint density at radius 2 is 2.50 bits per heavy atom. The highest BCUT2D eigenvalue weighted by Crippen LogP contribution is 2.31. The van der Waals surface area contributed by atoms with E-state index in [0.717, 1.165) is 30.4 Å². The zero-order valence-corrected chi connectivity index (χ0v) is 8.56. The van der Waals surface area contributed by atoms with Gasteiger partial charge in [0, 0.05) is 10.8 Å². The number of carbonyl (C=O) groups excluding carboxylic acids is 1. The van der Waals surface area contributed by atoms with Crippen molar-refractivity contribution in [2.24, 2.45) is 11.7 Å². The minimum atomic E-state index is 0.132. The van der Waals surface area contributed by atoms with Crippen LogP contribution in [-0.2, 0) is 17.6 Å². The van der Waals surface area contributed by atoms with E-state index in [2.05, 4.69) is 0 Å². The Bertz CT molecular complexity index is 383. The second kappa shape index (κ2) is 3.53. The third-order valence-electron chi connectivity index (χ3n) is 2.59. The van der Waals surface area contributed by atoms with Crippen LogP contribution >= 0.6 is 11.3 Å². The Morgan fingerprint density at radius 1 is 1.71 bits per heavy atom. The van der Waals surface area contributed by atoms with Crippen LogP contribution in [0.15, 0.2) is 6.07 Å². The average Bonchev–Trinajstić information content (AvgIpc) is 2.59. The first kappa shape index (κ1) is 9.40. The molecule has 0 saturated heterocycles. The van der Waals surface area contributed by atoms with E-state index in [9.17, 15) is 4.79 Å². The molecule has 0 aromatic carbocycles. The van der Waals surface area contributed by atoms with E-state index in [1.165, 1.54) is 10.4 Å². The Kier molecular flexibility index (Phi) is 2.37. The molecule has 74 valence electrons. The minimum absolute atomic E-state index is 0.132. The minimum Gasteiger partial charge on any atom is -0.383 e. The van der Waals surface area contributed by atoms with Crippen LogP contribution in [0, 0.1) is 11.3 Å². The summed E-state index contributed by atoms with van der Waals surface area (Å²) >= 11 is 1.55. The number of aldehydes is 1. The number of rotatable bonds is 2. The molecule has 1 atom stereocenters. The maximum atomic E-state index is 10.6. The largest absolute Gasteiger partial charge is 0.383 e. The molecule has 14 heavy (non-hydrogen) atoms. The molecule has 0 spiro atoms. The monoisotopic (exact) mass is 208 g/mol. The summed E-state index contributed by atoms with van der Waals surface area (Å²) in [6.45, 7) is 0.